The maximum absolute atomic E-state index is 6.15. The number of nitrogens with two attached hydrogens (primary N) is 1. The summed E-state index contributed by atoms with van der Waals surface area (Å²) in [5.41, 5.74) is 7.20. The molecule has 0 spiro atoms. The fourth-order valence-corrected chi connectivity index (χ4v) is 2.28. The van der Waals surface area contributed by atoms with Gasteiger partial charge in [-0.25, -0.2) is 9.97 Å². The van der Waals surface area contributed by atoms with Crippen LogP contribution >= 0.6 is 0 Å². The third-order valence-electron chi connectivity index (χ3n) is 3.03. The van der Waals surface area contributed by atoms with E-state index in [4.69, 9.17) is 5.73 Å². The molecule has 0 saturated carbocycles. The van der Waals surface area contributed by atoms with Crippen LogP contribution in [0.2, 0.25) is 0 Å². The van der Waals surface area contributed by atoms with Crippen LogP contribution in [0, 0.1) is 6.92 Å². The van der Waals surface area contributed by atoms with Gasteiger partial charge in [0, 0.05) is 12.2 Å². The van der Waals surface area contributed by atoms with Crippen molar-refractivity contribution in [1.29, 1.82) is 0 Å². The molecule has 0 amide bonds. The molecule has 4 nitrogen and oxygen atoms in total. The van der Waals surface area contributed by atoms with Crippen LogP contribution in [-0.4, -0.2) is 34.5 Å². The Morgan fingerprint density at radius 2 is 2.33 bits per heavy atom. The maximum Gasteiger partial charge on any atom is 0.125 e. The van der Waals surface area contributed by atoms with Crippen LogP contribution in [-0.2, 0) is 0 Å². The molecule has 15 heavy (non-hydrogen) atoms. The highest BCUT2D eigenvalue weighted by molar-refractivity contribution is 5.11. The highest BCUT2D eigenvalue weighted by Gasteiger charge is 2.28. The van der Waals surface area contributed by atoms with Crippen LogP contribution in [0.15, 0.2) is 12.3 Å². The first kappa shape index (κ1) is 10.5. The highest BCUT2D eigenvalue weighted by Crippen LogP contribution is 2.27. The lowest BCUT2D eigenvalue weighted by Crippen LogP contribution is -2.44. The Morgan fingerprint density at radius 3 is 3.00 bits per heavy atom. The van der Waals surface area contributed by atoms with Gasteiger partial charge in [0.15, 0.2) is 0 Å². The third kappa shape index (κ3) is 2.16. The maximum atomic E-state index is 6.15. The molecule has 0 aliphatic carbocycles. The Hall–Kier alpha value is -1.00. The molecular weight excluding hydrogens is 188 g/mol. The average Bonchev–Trinajstić information content (AvgIpc) is 2.17. The van der Waals surface area contributed by atoms with E-state index >= 15 is 0 Å². The molecular formula is C11H18N4. The molecule has 1 saturated heterocycles. The highest BCUT2D eigenvalue weighted by atomic mass is 15.2. The Labute approximate surface area is 90.5 Å². The van der Waals surface area contributed by atoms with E-state index in [-0.39, 0.29) is 12.1 Å². The van der Waals surface area contributed by atoms with Crippen LogP contribution in [0.25, 0.3) is 0 Å². The van der Waals surface area contributed by atoms with Crippen molar-refractivity contribution in [1.82, 2.24) is 14.9 Å². The number of piperidine rings is 1. The molecule has 0 radical (unpaired) electrons. The van der Waals surface area contributed by atoms with Gasteiger partial charge in [0.1, 0.15) is 5.82 Å². The summed E-state index contributed by atoms with van der Waals surface area (Å²) < 4.78 is 0. The zero-order valence-corrected chi connectivity index (χ0v) is 9.35. The Bertz CT molecular complexity index is 329. The Balaban J connectivity index is 2.27. The third-order valence-corrected chi connectivity index (χ3v) is 3.03. The Morgan fingerprint density at radius 1 is 1.53 bits per heavy atom. The van der Waals surface area contributed by atoms with Crippen LogP contribution < -0.4 is 5.73 Å². The molecule has 0 aromatic carbocycles. The molecule has 1 aliphatic heterocycles. The zero-order valence-electron chi connectivity index (χ0n) is 9.35. The van der Waals surface area contributed by atoms with E-state index in [2.05, 4.69) is 21.9 Å². The predicted molar refractivity (Wildman–Crippen MR) is 59.3 cm³/mol. The summed E-state index contributed by atoms with van der Waals surface area (Å²) in [6.45, 7) is 3.01. The second-order valence-corrected chi connectivity index (χ2v) is 4.26. The molecule has 1 fully saturated rings. The fourth-order valence-electron chi connectivity index (χ4n) is 2.28. The van der Waals surface area contributed by atoms with Crippen molar-refractivity contribution >= 4 is 0 Å². The van der Waals surface area contributed by atoms with Crippen molar-refractivity contribution in [2.75, 3.05) is 13.6 Å². The van der Waals surface area contributed by atoms with Gasteiger partial charge >= 0.3 is 0 Å². The summed E-state index contributed by atoms with van der Waals surface area (Å²) in [4.78, 5) is 10.9. The zero-order chi connectivity index (χ0) is 10.8. The van der Waals surface area contributed by atoms with Crippen molar-refractivity contribution in [2.45, 2.75) is 31.8 Å². The normalized spacial score (nSPS) is 27.9. The van der Waals surface area contributed by atoms with E-state index in [0.29, 0.717) is 0 Å². The number of nitrogens with zero attached hydrogens (tertiary/aromatic N) is 3. The molecule has 1 aromatic rings. The first-order valence-corrected chi connectivity index (χ1v) is 5.44. The van der Waals surface area contributed by atoms with Gasteiger partial charge in [0.2, 0.25) is 0 Å². The van der Waals surface area contributed by atoms with Crippen molar-refractivity contribution < 1.29 is 0 Å². The lowest BCUT2D eigenvalue weighted by atomic mass is 9.95. The van der Waals surface area contributed by atoms with E-state index in [9.17, 15) is 0 Å². The summed E-state index contributed by atoms with van der Waals surface area (Å²) in [6.07, 6.45) is 4.07. The van der Waals surface area contributed by atoms with E-state index in [1.165, 1.54) is 6.42 Å². The lowest BCUT2D eigenvalue weighted by molar-refractivity contribution is 0.159. The molecule has 2 rings (SSSR count). The smallest absolute Gasteiger partial charge is 0.125 e. The van der Waals surface area contributed by atoms with Crippen LogP contribution in [0.4, 0.5) is 0 Å². The number of likely N-dealkylation sites (N-methyl/N-ethyl adjacent to an activating group) is 1. The molecule has 2 unspecified atom stereocenters. The summed E-state index contributed by atoms with van der Waals surface area (Å²) in [5, 5.41) is 0. The van der Waals surface area contributed by atoms with Gasteiger partial charge in [-0.1, -0.05) is 0 Å². The molecule has 1 aliphatic rings. The van der Waals surface area contributed by atoms with Gasteiger partial charge in [0.05, 0.1) is 11.7 Å². The van der Waals surface area contributed by atoms with Crippen molar-refractivity contribution in [2.24, 2.45) is 5.73 Å². The van der Waals surface area contributed by atoms with Gasteiger partial charge in [-0.3, -0.25) is 4.90 Å². The largest absolute Gasteiger partial charge is 0.326 e. The summed E-state index contributed by atoms with van der Waals surface area (Å²) >= 11 is 0. The van der Waals surface area contributed by atoms with Crippen LogP contribution in [0.1, 0.15) is 30.4 Å². The van der Waals surface area contributed by atoms with Gasteiger partial charge in [0.25, 0.3) is 0 Å². The molecule has 2 heterocycles. The molecule has 1 aromatic heterocycles. The first-order chi connectivity index (χ1) is 7.18. The molecule has 4 heteroatoms. The minimum absolute atomic E-state index is 0.193. The molecule has 0 bridgehead atoms. The number of likely N-dealkylation sites (tertiary alicyclic amines) is 1. The van der Waals surface area contributed by atoms with E-state index < -0.39 is 0 Å². The average molecular weight is 206 g/mol. The number of hydrogen-bond acceptors (Lipinski definition) is 4. The number of aryl methyl sites for hydroxylation is 1. The summed E-state index contributed by atoms with van der Waals surface area (Å²) in [5.74, 6) is 0.818. The topological polar surface area (TPSA) is 55.0 Å². The molecule has 2 atom stereocenters. The second-order valence-electron chi connectivity index (χ2n) is 4.26. The van der Waals surface area contributed by atoms with Gasteiger partial charge in [-0.05, 0) is 39.4 Å². The van der Waals surface area contributed by atoms with Crippen molar-refractivity contribution in [3.05, 3.63) is 23.8 Å². The number of hydrogen-bond donors (Lipinski definition) is 1. The number of aromatic nitrogens is 2. The number of rotatable bonds is 1. The fraction of sp³-hybridized carbons (Fsp3) is 0.636. The predicted octanol–water partition coefficient (Wildman–Crippen LogP) is 0.879. The van der Waals surface area contributed by atoms with Gasteiger partial charge in [-0.15, -0.1) is 0 Å². The minimum Gasteiger partial charge on any atom is -0.326 e. The Kier molecular flexibility index (Phi) is 2.98. The summed E-state index contributed by atoms with van der Waals surface area (Å²) in [6, 6.07) is 2.41. The lowest BCUT2D eigenvalue weighted by Gasteiger charge is -2.36. The molecule has 2 N–H and O–H groups in total. The van der Waals surface area contributed by atoms with Crippen molar-refractivity contribution in [3.63, 3.8) is 0 Å². The summed E-state index contributed by atoms with van der Waals surface area (Å²) in [7, 11) is 2.11. The van der Waals surface area contributed by atoms with Crippen molar-refractivity contribution in [3.8, 4) is 0 Å². The SMILES string of the molecule is Cc1nccc(C2C(N)CCCN2C)n1. The van der Waals surface area contributed by atoms with E-state index in [1.807, 2.05) is 19.2 Å². The van der Waals surface area contributed by atoms with E-state index in [1.54, 1.807) is 0 Å². The van der Waals surface area contributed by atoms with Gasteiger partial charge < -0.3 is 5.73 Å². The monoisotopic (exact) mass is 206 g/mol. The van der Waals surface area contributed by atoms with Gasteiger partial charge in [-0.2, -0.15) is 0 Å². The van der Waals surface area contributed by atoms with E-state index in [0.717, 1.165) is 24.5 Å². The standard InChI is InChI=1S/C11H18N4/c1-8-13-6-5-10(14-8)11-9(12)4-3-7-15(11)2/h5-6,9,11H,3-4,7,12H2,1-2H3. The van der Waals surface area contributed by atoms with Crippen LogP contribution in [0.3, 0.4) is 0 Å². The minimum atomic E-state index is 0.193. The quantitative estimate of drug-likeness (QED) is 0.741. The molecule has 82 valence electrons. The second kappa shape index (κ2) is 4.24. The first-order valence-electron chi connectivity index (χ1n) is 5.44. The van der Waals surface area contributed by atoms with Crippen LogP contribution in [0.5, 0.6) is 0 Å².